The Morgan fingerprint density at radius 1 is 1.40 bits per heavy atom. The molecule has 1 fully saturated rings. The number of ether oxygens (including phenoxy) is 2. The maximum absolute atomic E-state index is 12.1. The molecule has 0 spiro atoms. The van der Waals surface area contributed by atoms with Gasteiger partial charge in [0.05, 0.1) is 6.10 Å². The molecule has 1 saturated heterocycles. The second-order valence-electron chi connectivity index (χ2n) is 6.48. The summed E-state index contributed by atoms with van der Waals surface area (Å²) in [4.78, 5) is 16.5. The zero-order chi connectivity index (χ0) is 17.6. The molecule has 0 bridgehead atoms. The highest BCUT2D eigenvalue weighted by molar-refractivity contribution is 7.09. The van der Waals surface area contributed by atoms with E-state index in [9.17, 15) is 4.79 Å². The van der Waals surface area contributed by atoms with Gasteiger partial charge in [0.25, 0.3) is 5.91 Å². The number of thiazole rings is 1. The van der Waals surface area contributed by atoms with Gasteiger partial charge < -0.3 is 14.8 Å². The molecule has 1 aromatic carbocycles. The molecule has 1 amide bonds. The second kappa shape index (κ2) is 8.45. The van der Waals surface area contributed by atoms with E-state index in [0.717, 1.165) is 30.2 Å². The van der Waals surface area contributed by atoms with Gasteiger partial charge in [-0.2, -0.15) is 0 Å². The van der Waals surface area contributed by atoms with Crippen molar-refractivity contribution in [2.24, 2.45) is 0 Å². The second-order valence-corrected chi connectivity index (χ2v) is 7.43. The van der Waals surface area contributed by atoms with Crippen LogP contribution in [0.5, 0.6) is 5.75 Å². The zero-order valence-electron chi connectivity index (χ0n) is 14.7. The van der Waals surface area contributed by atoms with E-state index in [4.69, 9.17) is 9.47 Å². The number of carbonyl (C=O) groups excluding carboxylic acids is 1. The number of nitrogens with zero attached hydrogens (tertiary/aromatic N) is 1. The number of hydrogen-bond donors (Lipinski definition) is 1. The normalized spacial score (nSPS) is 17.0. The molecule has 0 aliphatic carbocycles. The summed E-state index contributed by atoms with van der Waals surface area (Å²) in [5.74, 6) is 1.16. The molecule has 25 heavy (non-hydrogen) atoms. The molecule has 5 nitrogen and oxygen atoms in total. The average molecular weight is 360 g/mol. The smallest absolute Gasteiger partial charge is 0.270 e. The summed E-state index contributed by atoms with van der Waals surface area (Å²) >= 11 is 1.44. The Morgan fingerprint density at radius 3 is 2.88 bits per heavy atom. The van der Waals surface area contributed by atoms with Crippen LogP contribution in [0, 0.1) is 0 Å². The van der Waals surface area contributed by atoms with Gasteiger partial charge >= 0.3 is 0 Å². The van der Waals surface area contributed by atoms with Crippen LogP contribution in [0.4, 0.5) is 0 Å². The van der Waals surface area contributed by atoms with E-state index in [2.05, 4.69) is 36.3 Å². The van der Waals surface area contributed by atoms with E-state index in [-0.39, 0.29) is 12.0 Å². The fraction of sp³-hybridized carbons (Fsp3) is 0.474. The van der Waals surface area contributed by atoms with E-state index in [0.29, 0.717) is 24.8 Å². The van der Waals surface area contributed by atoms with Crippen LogP contribution in [0.2, 0.25) is 0 Å². The predicted octanol–water partition coefficient (Wildman–Crippen LogP) is 3.75. The Bertz CT molecular complexity index is 691. The van der Waals surface area contributed by atoms with Gasteiger partial charge in [0.15, 0.2) is 0 Å². The molecule has 3 rings (SSSR count). The van der Waals surface area contributed by atoms with Crippen LogP contribution in [-0.2, 0) is 11.3 Å². The van der Waals surface area contributed by atoms with Gasteiger partial charge in [0, 0.05) is 18.5 Å². The summed E-state index contributed by atoms with van der Waals surface area (Å²) in [5, 5.41) is 5.44. The van der Waals surface area contributed by atoms with Crippen LogP contribution in [0.15, 0.2) is 29.6 Å². The largest absolute Gasteiger partial charge is 0.486 e. The summed E-state index contributed by atoms with van der Waals surface area (Å²) in [6.07, 6.45) is 2.21. The summed E-state index contributed by atoms with van der Waals surface area (Å²) in [6.45, 7) is 6.03. The van der Waals surface area contributed by atoms with Crippen LogP contribution >= 0.6 is 11.3 Å². The zero-order valence-corrected chi connectivity index (χ0v) is 15.5. The number of carbonyl (C=O) groups is 1. The van der Waals surface area contributed by atoms with Crippen molar-refractivity contribution in [2.45, 2.75) is 45.3 Å². The van der Waals surface area contributed by atoms with Crippen LogP contribution < -0.4 is 10.1 Å². The lowest BCUT2D eigenvalue weighted by Crippen LogP contribution is -2.31. The number of hydrogen-bond acceptors (Lipinski definition) is 5. The number of benzene rings is 1. The van der Waals surface area contributed by atoms with Crippen molar-refractivity contribution in [2.75, 3.05) is 13.2 Å². The molecule has 1 atom stereocenters. The molecular weight excluding hydrogens is 336 g/mol. The van der Waals surface area contributed by atoms with Gasteiger partial charge in [0.2, 0.25) is 0 Å². The molecule has 1 unspecified atom stereocenters. The highest BCUT2D eigenvalue weighted by Gasteiger charge is 2.18. The number of amides is 1. The highest BCUT2D eigenvalue weighted by Crippen LogP contribution is 2.20. The molecule has 2 heterocycles. The van der Waals surface area contributed by atoms with Crippen LogP contribution in [0.25, 0.3) is 0 Å². The van der Waals surface area contributed by atoms with Crippen molar-refractivity contribution in [3.8, 4) is 5.75 Å². The van der Waals surface area contributed by atoms with Gasteiger partial charge in [-0.1, -0.05) is 26.0 Å². The maximum Gasteiger partial charge on any atom is 0.270 e. The first-order valence-corrected chi connectivity index (χ1v) is 9.57. The molecule has 1 N–H and O–H groups in total. The quantitative estimate of drug-likeness (QED) is 0.817. The molecule has 1 aliphatic heterocycles. The number of rotatable bonds is 7. The molecule has 2 aromatic rings. The topological polar surface area (TPSA) is 60.5 Å². The standard InChI is InChI=1S/C19H24N2O3S/c1-13(2)14-5-7-15(8-6-14)24-11-18-21-17(12-25-18)19(22)20-10-16-4-3-9-23-16/h5-8,12-13,16H,3-4,9-11H2,1-2H3,(H,20,22). The van der Waals surface area contributed by atoms with Gasteiger partial charge in [-0.15, -0.1) is 11.3 Å². The van der Waals surface area contributed by atoms with E-state index >= 15 is 0 Å². The van der Waals surface area contributed by atoms with Crippen molar-refractivity contribution in [1.29, 1.82) is 0 Å². The number of aromatic nitrogens is 1. The molecule has 0 saturated carbocycles. The third-order valence-electron chi connectivity index (χ3n) is 4.21. The minimum absolute atomic E-state index is 0.138. The summed E-state index contributed by atoms with van der Waals surface area (Å²) in [7, 11) is 0. The fourth-order valence-electron chi connectivity index (χ4n) is 2.68. The summed E-state index contributed by atoms with van der Waals surface area (Å²) in [6, 6.07) is 8.09. The van der Waals surface area contributed by atoms with Crippen molar-refractivity contribution < 1.29 is 14.3 Å². The monoisotopic (exact) mass is 360 g/mol. The Kier molecular flexibility index (Phi) is 6.04. The van der Waals surface area contributed by atoms with E-state index in [1.54, 1.807) is 5.38 Å². The number of nitrogens with one attached hydrogen (secondary N) is 1. The van der Waals surface area contributed by atoms with Crippen molar-refractivity contribution in [1.82, 2.24) is 10.3 Å². The minimum Gasteiger partial charge on any atom is -0.486 e. The third kappa shape index (κ3) is 5.03. The molecule has 134 valence electrons. The first kappa shape index (κ1) is 17.9. The van der Waals surface area contributed by atoms with E-state index in [1.165, 1.54) is 16.9 Å². The van der Waals surface area contributed by atoms with E-state index < -0.39 is 0 Å². The highest BCUT2D eigenvalue weighted by atomic mass is 32.1. The molecule has 1 aliphatic rings. The maximum atomic E-state index is 12.1. The predicted molar refractivity (Wildman–Crippen MR) is 98.3 cm³/mol. The SMILES string of the molecule is CC(C)c1ccc(OCc2nc(C(=O)NCC3CCCO3)cs2)cc1. The first-order valence-electron chi connectivity index (χ1n) is 8.69. The van der Waals surface area contributed by atoms with Gasteiger partial charge in [0.1, 0.15) is 23.1 Å². The Hall–Kier alpha value is -1.92. The van der Waals surface area contributed by atoms with Gasteiger partial charge in [-0.05, 0) is 36.5 Å². The first-order chi connectivity index (χ1) is 12.1. The third-order valence-corrected chi connectivity index (χ3v) is 5.03. The minimum atomic E-state index is -0.153. The molecule has 0 radical (unpaired) electrons. The fourth-order valence-corrected chi connectivity index (χ4v) is 3.36. The van der Waals surface area contributed by atoms with Crippen molar-refractivity contribution in [3.05, 3.63) is 45.9 Å². The Morgan fingerprint density at radius 2 is 2.20 bits per heavy atom. The molecular formula is C19H24N2O3S. The lowest BCUT2D eigenvalue weighted by atomic mass is 10.0. The van der Waals surface area contributed by atoms with Crippen molar-refractivity contribution in [3.63, 3.8) is 0 Å². The average Bonchev–Trinajstić information content (AvgIpc) is 3.30. The lowest BCUT2D eigenvalue weighted by molar-refractivity contribution is 0.0854. The van der Waals surface area contributed by atoms with Crippen LogP contribution in [-0.4, -0.2) is 30.1 Å². The molecule has 6 heteroatoms. The van der Waals surface area contributed by atoms with Crippen molar-refractivity contribution >= 4 is 17.2 Å². The summed E-state index contributed by atoms with van der Waals surface area (Å²) < 4.78 is 11.3. The van der Waals surface area contributed by atoms with Crippen LogP contribution in [0.1, 0.15) is 53.7 Å². The van der Waals surface area contributed by atoms with E-state index in [1.807, 2.05) is 12.1 Å². The Labute approximate surface area is 152 Å². The van der Waals surface area contributed by atoms with Crippen LogP contribution in [0.3, 0.4) is 0 Å². The van der Waals surface area contributed by atoms with Gasteiger partial charge in [-0.3, -0.25) is 4.79 Å². The van der Waals surface area contributed by atoms with Gasteiger partial charge in [-0.25, -0.2) is 4.98 Å². The molecule has 1 aromatic heterocycles. The summed E-state index contributed by atoms with van der Waals surface area (Å²) in [5.41, 5.74) is 1.73. The lowest BCUT2D eigenvalue weighted by Gasteiger charge is -2.09. The Balaban J connectivity index is 1.48.